The van der Waals surface area contributed by atoms with Gasteiger partial charge in [-0.05, 0) is 74.9 Å². The average molecular weight is 1350 g/mol. The second kappa shape index (κ2) is 31.5. The van der Waals surface area contributed by atoms with Crippen LogP contribution in [0.5, 0.6) is 17.2 Å². The molecule has 9 aromatic rings. The smallest absolute Gasteiger partial charge is 0.299 e. The second-order valence-electron chi connectivity index (χ2n) is 21.9. The number of primary amides is 1. The molecule has 5 amide bonds. The van der Waals surface area contributed by atoms with Crippen LogP contribution in [0.4, 0.5) is 45.8 Å². The molecule has 3 saturated carbocycles. The van der Waals surface area contributed by atoms with Gasteiger partial charge in [-0.25, -0.2) is 25.1 Å². The first-order chi connectivity index (χ1) is 46.6. The van der Waals surface area contributed by atoms with Gasteiger partial charge in [0.2, 0.25) is 17.7 Å². The van der Waals surface area contributed by atoms with E-state index in [9.17, 15) is 28.8 Å². The Morgan fingerprint density at radius 1 is 0.485 bits per heavy atom. The van der Waals surface area contributed by atoms with Crippen molar-refractivity contribution < 1.29 is 52.7 Å². The van der Waals surface area contributed by atoms with Crippen molar-refractivity contribution in [1.29, 1.82) is 0 Å². The number of anilines is 8. The average Bonchev–Trinajstić information content (AvgIpc) is 1.70. The number of aromatic nitrogens is 15. The largest absolute Gasteiger partial charge is 0.494 e. The van der Waals surface area contributed by atoms with Crippen LogP contribution in [0, 0.1) is 17.8 Å². The van der Waals surface area contributed by atoms with Crippen molar-refractivity contribution in [2.24, 2.45) is 44.6 Å². The van der Waals surface area contributed by atoms with Crippen LogP contribution in [-0.4, -0.2) is 170 Å². The number of hydroxylamine groups is 4. The quantitative estimate of drug-likeness (QED) is 0.0301. The molecule has 0 radical (unpaired) electrons. The number of amides is 5. The lowest BCUT2D eigenvalue weighted by Crippen LogP contribution is -2.27. The van der Waals surface area contributed by atoms with Crippen LogP contribution in [-0.2, 0) is 45.2 Å². The molecule has 0 aliphatic heterocycles. The number of ketones is 1. The zero-order chi connectivity index (χ0) is 69.6. The number of benzene rings is 3. The summed E-state index contributed by atoms with van der Waals surface area (Å²) in [7, 11) is 15.6. The number of hydrogen-bond donors (Lipinski definition) is 6. The fourth-order valence-electron chi connectivity index (χ4n) is 9.03. The number of Topliss-reactive ketones (excluding diaryl/α,β-unsaturated/α-hetero) is 1. The number of carbonyl (C=O) groups is 6. The van der Waals surface area contributed by atoms with E-state index in [1.54, 1.807) is 91.6 Å². The van der Waals surface area contributed by atoms with E-state index < -0.39 is 11.8 Å². The normalized spacial score (nSPS) is 12.7. The Labute approximate surface area is 559 Å². The lowest BCUT2D eigenvalue weighted by atomic mass is 10.1. The topological polar surface area (TPSA) is 411 Å². The SMILES string of the molecule is COc1c(Nc2cc(Cl)nnc2C(=O)N(C)OC)cccc1-c1ncn(C)n1.COc1c(Nc2cc(NC(=O)C3CC3)nnc2C(=O)N(C)OC)cccc1-c1ncn(C)n1.COc1c(Nc2cc(NC(=O)C3CC3)nnc2C(C)=O)cccc1-c1ncn(C)n1.NC(=O)C1CC1. The number of para-hydroxylation sites is 3. The highest BCUT2D eigenvalue weighted by atomic mass is 35.5. The molecule has 3 aliphatic carbocycles. The standard InChI is InChI=1S/C21H24N8O4.C20H21N7O3.C17H18ClN7O3.C4H7NO/c1-28-11-22-19(27-28)13-6-5-7-14(18(13)32-3)23-15-10-16(24-20(30)12-8-9-12)25-26-17(15)21(31)29(2)33-4;1-11(28)17-15(9-16(24-25-17)23-20(29)12-7-8-12)22-14-6-4-5-13(18(14)30-3)19-21-10-27(2)26-19;1-24-9-19-16(23-24)10-6-5-7-11(15(10)27-3)20-12-8-13(18)21-22-14(12)17(26)25(2)28-4;5-4(6)3-1-2-3/h5-7,10-12H,8-9H2,1-4H3,(H2,23,24,25,30);4-6,9-10,12H,7-8H2,1-3H3,(H2,22,23,24,29);5-9H,1-4H3,(H,20,21);3H,1-2H2,(H2,5,6). The summed E-state index contributed by atoms with van der Waals surface area (Å²) >= 11 is 5.98. The summed E-state index contributed by atoms with van der Waals surface area (Å²) in [6, 6.07) is 21.0. The molecule has 3 aliphatic rings. The summed E-state index contributed by atoms with van der Waals surface area (Å²) in [5.74, 6) is 2.14. The van der Waals surface area contributed by atoms with Crippen LogP contribution in [0.2, 0.25) is 5.15 Å². The number of hydrogen-bond acceptors (Lipinski definition) is 26. The molecule has 0 unspecified atom stereocenters. The first-order valence-corrected chi connectivity index (χ1v) is 30.2. The molecule has 6 aromatic heterocycles. The minimum absolute atomic E-state index is 0.00666. The summed E-state index contributed by atoms with van der Waals surface area (Å²) in [6.45, 7) is 1.41. The number of carbonyl (C=O) groups excluding carboxylic acids is 6. The molecule has 0 bridgehead atoms. The summed E-state index contributed by atoms with van der Waals surface area (Å²) in [5, 5.41) is 53.8. The van der Waals surface area contributed by atoms with Gasteiger partial charge in [-0.1, -0.05) is 29.8 Å². The molecule has 0 spiro atoms. The van der Waals surface area contributed by atoms with Crippen molar-refractivity contribution in [3.63, 3.8) is 0 Å². The van der Waals surface area contributed by atoms with Gasteiger partial charge in [0.1, 0.15) is 19.0 Å². The van der Waals surface area contributed by atoms with Crippen LogP contribution in [0.25, 0.3) is 34.2 Å². The third-order valence-corrected chi connectivity index (χ3v) is 14.8. The number of methoxy groups -OCH3 is 3. The van der Waals surface area contributed by atoms with Crippen molar-refractivity contribution in [3.05, 3.63) is 114 Å². The predicted molar refractivity (Wildman–Crippen MR) is 353 cm³/mol. The van der Waals surface area contributed by atoms with Crippen molar-refractivity contribution in [3.8, 4) is 51.4 Å². The Bertz CT molecular complexity index is 4360. The van der Waals surface area contributed by atoms with Gasteiger partial charge >= 0.3 is 0 Å². The van der Waals surface area contributed by atoms with Gasteiger partial charge in [0, 0.05) is 78.1 Å². The number of halogens is 1. The fraction of sp³-hybridized carbons (Fsp3) is 0.323. The molecule has 35 heteroatoms. The van der Waals surface area contributed by atoms with Crippen LogP contribution in [0.3, 0.4) is 0 Å². The first kappa shape index (κ1) is 69.7. The van der Waals surface area contributed by atoms with Crippen LogP contribution >= 0.6 is 11.6 Å². The van der Waals surface area contributed by atoms with Gasteiger partial charge in [-0.3, -0.25) is 52.5 Å². The molecule has 0 atom stereocenters. The van der Waals surface area contributed by atoms with E-state index in [4.69, 9.17) is 41.2 Å². The third-order valence-electron chi connectivity index (χ3n) is 14.6. The highest BCUT2D eigenvalue weighted by molar-refractivity contribution is 6.29. The van der Waals surface area contributed by atoms with E-state index in [-0.39, 0.29) is 75.1 Å². The van der Waals surface area contributed by atoms with E-state index in [1.807, 2.05) is 36.4 Å². The lowest BCUT2D eigenvalue weighted by molar-refractivity contribution is -0.119. The molecule has 34 nitrogen and oxygen atoms in total. The number of aryl methyl sites for hydroxylation is 3. The van der Waals surface area contributed by atoms with E-state index >= 15 is 0 Å². The van der Waals surface area contributed by atoms with E-state index in [1.165, 1.54) is 55.5 Å². The Morgan fingerprint density at radius 3 is 1.12 bits per heavy atom. The molecule has 7 N–H and O–H groups in total. The van der Waals surface area contributed by atoms with Crippen molar-refractivity contribution >= 4 is 92.7 Å². The van der Waals surface area contributed by atoms with E-state index in [0.717, 1.165) is 48.7 Å². The van der Waals surface area contributed by atoms with Crippen molar-refractivity contribution in [1.82, 2.24) is 85.0 Å². The van der Waals surface area contributed by atoms with Crippen molar-refractivity contribution in [2.45, 2.75) is 45.4 Å². The molecule has 3 aromatic carbocycles. The van der Waals surface area contributed by atoms with Gasteiger partial charge in [-0.2, -0.15) is 15.3 Å². The molecule has 97 heavy (non-hydrogen) atoms. The first-order valence-electron chi connectivity index (χ1n) is 29.9. The van der Waals surface area contributed by atoms with Crippen LogP contribution in [0.1, 0.15) is 76.9 Å². The Kier molecular flexibility index (Phi) is 22.6. The molecular formula is C62H70ClN23O11. The van der Waals surface area contributed by atoms with Gasteiger partial charge in [0.25, 0.3) is 11.8 Å². The molecular weight excluding hydrogens is 1280 g/mol. The molecule has 0 saturated heterocycles. The monoisotopic (exact) mass is 1350 g/mol. The number of ether oxygens (including phenoxy) is 3. The molecule has 3 fully saturated rings. The van der Waals surface area contributed by atoms with Crippen molar-refractivity contribution in [2.75, 3.05) is 76.2 Å². The zero-order valence-corrected chi connectivity index (χ0v) is 55.4. The molecule has 506 valence electrons. The maximum Gasteiger partial charge on any atom is 0.299 e. The minimum atomic E-state index is -0.519. The molecule has 12 rings (SSSR count). The number of nitrogens with one attached hydrogen (secondary N) is 5. The number of nitrogens with zero attached hydrogens (tertiary/aromatic N) is 17. The van der Waals surface area contributed by atoms with Gasteiger partial charge < -0.3 is 46.5 Å². The summed E-state index contributed by atoms with van der Waals surface area (Å²) in [4.78, 5) is 94.4. The highest BCUT2D eigenvalue weighted by Crippen LogP contribution is 2.41. The van der Waals surface area contributed by atoms with Gasteiger partial charge in [0.15, 0.2) is 74.4 Å². The Balaban J connectivity index is 0.000000163. The summed E-state index contributed by atoms with van der Waals surface area (Å²) in [6.07, 6.45) is 10.3. The van der Waals surface area contributed by atoms with Crippen LogP contribution in [0.15, 0.2) is 91.8 Å². The summed E-state index contributed by atoms with van der Waals surface area (Å²) in [5.41, 5.74) is 9.88. The number of rotatable bonds is 22. The van der Waals surface area contributed by atoms with Crippen LogP contribution < -0.4 is 46.5 Å². The van der Waals surface area contributed by atoms with E-state index in [2.05, 4.69) is 87.4 Å². The van der Waals surface area contributed by atoms with Gasteiger partial charge in [-0.15, -0.1) is 30.6 Å². The second-order valence-corrected chi connectivity index (χ2v) is 22.3. The predicted octanol–water partition coefficient (Wildman–Crippen LogP) is 6.77. The van der Waals surface area contributed by atoms with Gasteiger partial charge in [0.05, 0.1) is 86.4 Å². The minimum Gasteiger partial charge on any atom is -0.494 e. The lowest BCUT2D eigenvalue weighted by Gasteiger charge is -2.18. The summed E-state index contributed by atoms with van der Waals surface area (Å²) < 4.78 is 21.6. The maximum atomic E-state index is 12.8. The third kappa shape index (κ3) is 17.8. The Hall–Kier alpha value is -11.7. The fourth-order valence-corrected chi connectivity index (χ4v) is 9.18. The number of nitrogens with two attached hydrogens (primary N) is 1. The maximum absolute atomic E-state index is 12.8. The highest BCUT2D eigenvalue weighted by Gasteiger charge is 2.32. The van der Waals surface area contributed by atoms with E-state index in [0.29, 0.717) is 85.5 Å². The zero-order valence-electron chi connectivity index (χ0n) is 54.7. The molecule has 6 heterocycles. The Morgan fingerprint density at radius 2 is 0.825 bits per heavy atom.